The maximum Gasteiger partial charge on any atom is 0.433 e. The predicted octanol–water partition coefficient (Wildman–Crippen LogP) is 0.112. The number of quaternary nitrogens is 1. The maximum absolute atomic E-state index is 12.9. The molecule has 1 amide bonds. The number of rotatable bonds is 4. The SMILES string of the molecule is O=C(Nc1cccc(C(F)(F)F)n1)c1nc(C[NH+]2CCS(=O)(=O)CC2)c2ccccn12.O=C([O-])C(F)(F)F. The van der Waals surface area contributed by atoms with Crippen LogP contribution in [0.25, 0.3) is 5.52 Å². The minimum atomic E-state index is -5.19. The van der Waals surface area contributed by atoms with Gasteiger partial charge >= 0.3 is 12.4 Å². The van der Waals surface area contributed by atoms with E-state index in [1.165, 1.54) is 6.07 Å². The molecule has 1 saturated heterocycles. The number of hydrogen-bond acceptors (Lipinski definition) is 7. The van der Waals surface area contributed by atoms with Crippen molar-refractivity contribution >= 4 is 33.0 Å². The highest BCUT2D eigenvalue weighted by molar-refractivity contribution is 7.91. The van der Waals surface area contributed by atoms with Gasteiger partial charge in [0.25, 0.3) is 5.91 Å². The number of amides is 1. The van der Waals surface area contributed by atoms with Crippen molar-refractivity contribution in [1.82, 2.24) is 14.4 Å². The van der Waals surface area contributed by atoms with Crippen molar-refractivity contribution in [1.29, 1.82) is 0 Å². The summed E-state index contributed by atoms with van der Waals surface area (Å²) >= 11 is 0. The van der Waals surface area contributed by atoms with Crippen molar-refractivity contribution in [2.45, 2.75) is 18.9 Å². The van der Waals surface area contributed by atoms with Crippen LogP contribution < -0.4 is 15.3 Å². The molecular weight excluding hydrogens is 548 g/mol. The molecule has 4 rings (SSSR count). The normalized spacial score (nSPS) is 15.9. The molecule has 1 aliphatic heterocycles. The van der Waals surface area contributed by atoms with E-state index in [4.69, 9.17) is 9.90 Å². The molecule has 3 aromatic heterocycles. The highest BCUT2D eigenvalue weighted by atomic mass is 32.2. The lowest BCUT2D eigenvalue weighted by Gasteiger charge is -2.22. The third-order valence-corrected chi connectivity index (χ3v) is 6.94. The lowest BCUT2D eigenvalue weighted by atomic mass is 10.3. The van der Waals surface area contributed by atoms with Crippen LogP contribution in [0.5, 0.6) is 0 Å². The molecule has 38 heavy (non-hydrogen) atoms. The van der Waals surface area contributed by atoms with Gasteiger partial charge in [0, 0.05) is 6.20 Å². The van der Waals surface area contributed by atoms with E-state index in [0.29, 0.717) is 30.8 Å². The van der Waals surface area contributed by atoms with Crippen LogP contribution in [-0.4, -0.2) is 65.4 Å². The van der Waals surface area contributed by atoms with Gasteiger partial charge in [0.1, 0.15) is 29.7 Å². The molecule has 0 spiro atoms. The molecule has 17 heteroatoms. The number of alkyl halides is 6. The number of fused-ring (bicyclic) bond motifs is 1. The molecule has 4 heterocycles. The Labute approximate surface area is 210 Å². The molecule has 1 fully saturated rings. The number of anilines is 1. The molecule has 0 atom stereocenters. The van der Waals surface area contributed by atoms with E-state index in [1.54, 1.807) is 28.8 Å². The number of carboxylic acids is 1. The van der Waals surface area contributed by atoms with E-state index < -0.39 is 39.8 Å². The molecule has 0 aromatic carbocycles. The standard InChI is InChI=1S/C19H18F3N5O3S.C2HF3O2/c20-19(21,22)15-5-3-6-16(24-15)25-18(28)17-23-13(14-4-1-2-7-27(14)17)12-26-8-10-31(29,30)11-9-26;3-2(4,5)1(6)7/h1-7H,8-12H2,(H,24,25,28);(H,6,7). The molecule has 3 aromatic rings. The van der Waals surface area contributed by atoms with Crippen LogP contribution >= 0.6 is 0 Å². The Balaban J connectivity index is 0.000000505. The van der Waals surface area contributed by atoms with Crippen LogP contribution in [0.2, 0.25) is 0 Å². The third kappa shape index (κ3) is 7.41. The average molecular weight is 567 g/mol. The zero-order valence-electron chi connectivity index (χ0n) is 19.1. The van der Waals surface area contributed by atoms with Crippen molar-refractivity contribution in [3.63, 3.8) is 0 Å². The van der Waals surface area contributed by atoms with Gasteiger partial charge in [-0.15, -0.1) is 0 Å². The smallest absolute Gasteiger partial charge is 0.433 e. The lowest BCUT2D eigenvalue weighted by molar-refractivity contribution is -0.910. The number of carbonyl (C=O) groups is 2. The third-order valence-electron chi connectivity index (χ3n) is 5.29. The first kappa shape index (κ1) is 28.8. The van der Waals surface area contributed by atoms with Crippen LogP contribution in [0.3, 0.4) is 0 Å². The quantitative estimate of drug-likeness (QED) is 0.427. The van der Waals surface area contributed by atoms with Crippen LogP contribution in [-0.2, 0) is 27.4 Å². The second kappa shape index (κ2) is 10.9. The summed E-state index contributed by atoms with van der Waals surface area (Å²) in [5, 5.41) is 11.2. The summed E-state index contributed by atoms with van der Waals surface area (Å²) in [6.45, 7) is 1.33. The molecule has 0 unspecified atom stereocenters. The van der Waals surface area contributed by atoms with Crippen LogP contribution in [0.1, 0.15) is 22.0 Å². The zero-order chi connectivity index (χ0) is 28.3. The number of aliphatic carboxylic acids is 1. The summed E-state index contributed by atoms with van der Waals surface area (Å²) < 4.78 is 95.0. The van der Waals surface area contributed by atoms with Gasteiger partial charge in [-0.2, -0.15) is 26.3 Å². The Morgan fingerprint density at radius 1 is 1.00 bits per heavy atom. The molecule has 1 aliphatic rings. The van der Waals surface area contributed by atoms with Gasteiger partial charge in [-0.05, 0) is 24.3 Å². The molecule has 2 N–H and O–H groups in total. The Morgan fingerprint density at radius 3 is 2.21 bits per heavy atom. The average Bonchev–Trinajstić information content (AvgIpc) is 3.18. The first-order valence-electron chi connectivity index (χ1n) is 10.7. The number of pyridine rings is 2. The Morgan fingerprint density at radius 2 is 1.63 bits per heavy atom. The summed E-state index contributed by atoms with van der Waals surface area (Å²) in [5.41, 5.74) is 0.172. The monoisotopic (exact) mass is 567 g/mol. The Bertz CT molecular complexity index is 1420. The molecular formula is C21H19F6N5O5S. The fourth-order valence-electron chi connectivity index (χ4n) is 3.47. The van der Waals surface area contributed by atoms with Crippen LogP contribution in [0.15, 0.2) is 42.6 Å². The van der Waals surface area contributed by atoms with Crippen molar-refractivity contribution in [3.8, 4) is 0 Å². The van der Waals surface area contributed by atoms with E-state index >= 15 is 0 Å². The second-order valence-corrected chi connectivity index (χ2v) is 10.4. The molecule has 0 saturated carbocycles. The molecule has 0 bridgehead atoms. The van der Waals surface area contributed by atoms with Crippen molar-refractivity contribution < 1.29 is 54.4 Å². The van der Waals surface area contributed by atoms with E-state index in [0.717, 1.165) is 17.0 Å². The summed E-state index contributed by atoms with van der Waals surface area (Å²) in [6, 6.07) is 8.52. The summed E-state index contributed by atoms with van der Waals surface area (Å²) in [7, 11) is -3.00. The van der Waals surface area contributed by atoms with Gasteiger partial charge in [-0.25, -0.2) is 18.4 Å². The number of halogens is 6. The number of carboxylic acid groups (broad SMARTS) is 1. The summed E-state index contributed by atoms with van der Waals surface area (Å²) in [5.74, 6) is -3.73. The van der Waals surface area contributed by atoms with Gasteiger partial charge in [0.05, 0.1) is 30.1 Å². The molecule has 0 radical (unpaired) electrons. The first-order chi connectivity index (χ1) is 17.6. The predicted molar refractivity (Wildman–Crippen MR) is 117 cm³/mol. The number of carbonyl (C=O) groups excluding carboxylic acids is 2. The number of sulfone groups is 1. The Hall–Kier alpha value is -3.73. The van der Waals surface area contributed by atoms with Gasteiger partial charge in [0.2, 0.25) is 5.82 Å². The largest absolute Gasteiger partial charge is 0.542 e. The highest BCUT2D eigenvalue weighted by Gasteiger charge is 2.33. The molecule has 10 nitrogen and oxygen atoms in total. The fraction of sp³-hybridized carbons (Fsp3) is 0.333. The number of aromatic nitrogens is 3. The summed E-state index contributed by atoms with van der Waals surface area (Å²) in [4.78, 5) is 30.5. The Kier molecular flexibility index (Phi) is 8.30. The first-order valence-corrected chi connectivity index (χ1v) is 12.5. The van der Waals surface area contributed by atoms with E-state index in [1.807, 2.05) is 0 Å². The van der Waals surface area contributed by atoms with E-state index in [-0.39, 0.29) is 23.1 Å². The summed E-state index contributed by atoms with van der Waals surface area (Å²) in [6.07, 6.45) is -8.19. The minimum absolute atomic E-state index is 0.00819. The van der Waals surface area contributed by atoms with Gasteiger partial charge < -0.3 is 20.1 Å². The topological polar surface area (TPSA) is 138 Å². The maximum atomic E-state index is 12.9. The number of nitrogens with zero attached hydrogens (tertiary/aromatic N) is 3. The van der Waals surface area contributed by atoms with Gasteiger partial charge in [-0.1, -0.05) is 12.1 Å². The minimum Gasteiger partial charge on any atom is -0.542 e. The number of imidazole rings is 1. The van der Waals surface area contributed by atoms with Gasteiger partial charge in [-0.3, -0.25) is 9.20 Å². The van der Waals surface area contributed by atoms with E-state index in [2.05, 4.69) is 15.3 Å². The number of hydrogen-bond donors (Lipinski definition) is 2. The van der Waals surface area contributed by atoms with Crippen LogP contribution in [0, 0.1) is 0 Å². The van der Waals surface area contributed by atoms with E-state index in [9.17, 15) is 39.6 Å². The second-order valence-electron chi connectivity index (χ2n) is 8.06. The zero-order valence-corrected chi connectivity index (χ0v) is 20.0. The molecule has 206 valence electrons. The molecule has 0 aliphatic carbocycles. The van der Waals surface area contributed by atoms with Gasteiger partial charge in [0.15, 0.2) is 9.84 Å². The van der Waals surface area contributed by atoms with Crippen molar-refractivity contribution in [3.05, 3.63) is 59.8 Å². The van der Waals surface area contributed by atoms with Crippen LogP contribution in [0.4, 0.5) is 32.2 Å². The number of nitrogens with one attached hydrogen (secondary N) is 2. The highest BCUT2D eigenvalue weighted by Crippen LogP contribution is 2.28. The van der Waals surface area contributed by atoms with Crippen molar-refractivity contribution in [2.24, 2.45) is 0 Å². The lowest BCUT2D eigenvalue weighted by Crippen LogP contribution is -3.13. The van der Waals surface area contributed by atoms with Crippen molar-refractivity contribution in [2.75, 3.05) is 29.9 Å². The fourth-order valence-corrected chi connectivity index (χ4v) is 4.87.